The third kappa shape index (κ3) is 2.55. The van der Waals surface area contributed by atoms with Crippen molar-refractivity contribution in [2.75, 3.05) is 18.6 Å². The van der Waals surface area contributed by atoms with E-state index in [1.165, 1.54) is 18.2 Å². The average Bonchev–Trinajstić information content (AvgIpc) is 2.54. The summed E-state index contributed by atoms with van der Waals surface area (Å²) in [6, 6.07) is 10.8. The van der Waals surface area contributed by atoms with Crippen LogP contribution in [-0.2, 0) is 0 Å². The third-order valence-electron chi connectivity index (χ3n) is 3.83. The molecule has 0 aliphatic carbocycles. The quantitative estimate of drug-likeness (QED) is 0.928. The van der Waals surface area contributed by atoms with E-state index in [9.17, 15) is 14.3 Å². The van der Waals surface area contributed by atoms with Crippen molar-refractivity contribution in [3.63, 3.8) is 0 Å². The first kappa shape index (κ1) is 14.5. The first-order chi connectivity index (χ1) is 10.6. The molecule has 0 spiro atoms. The SMILES string of the molecule is COc1ccc2c(c1)C(O)CCN2C(=O)c1cccc(F)c1. The van der Waals surface area contributed by atoms with Crippen molar-refractivity contribution in [2.45, 2.75) is 12.5 Å². The zero-order valence-electron chi connectivity index (χ0n) is 12.1. The molecule has 1 N–H and O–H groups in total. The lowest BCUT2D eigenvalue weighted by Gasteiger charge is -2.32. The van der Waals surface area contributed by atoms with Gasteiger partial charge in [0.15, 0.2) is 0 Å². The summed E-state index contributed by atoms with van der Waals surface area (Å²) in [5.41, 5.74) is 1.57. The van der Waals surface area contributed by atoms with Crippen LogP contribution in [0.5, 0.6) is 5.75 Å². The minimum Gasteiger partial charge on any atom is -0.497 e. The second-order valence-corrected chi connectivity index (χ2v) is 5.20. The molecule has 3 rings (SSSR count). The largest absolute Gasteiger partial charge is 0.497 e. The Balaban J connectivity index is 2.00. The van der Waals surface area contributed by atoms with Crippen LogP contribution in [0.15, 0.2) is 42.5 Å². The van der Waals surface area contributed by atoms with Gasteiger partial charge in [-0.3, -0.25) is 4.79 Å². The van der Waals surface area contributed by atoms with Gasteiger partial charge in [-0.15, -0.1) is 0 Å². The summed E-state index contributed by atoms with van der Waals surface area (Å²) in [6.07, 6.45) is -0.206. The molecule has 0 saturated heterocycles. The summed E-state index contributed by atoms with van der Waals surface area (Å²) in [5, 5.41) is 10.1. The number of anilines is 1. The monoisotopic (exact) mass is 301 g/mol. The van der Waals surface area contributed by atoms with Crippen LogP contribution in [0.1, 0.15) is 28.4 Å². The molecule has 1 amide bonds. The fraction of sp³-hybridized carbons (Fsp3) is 0.235. The number of fused-ring (bicyclic) bond motifs is 1. The van der Waals surface area contributed by atoms with Crippen molar-refractivity contribution < 1.29 is 19.0 Å². The lowest BCUT2D eigenvalue weighted by Crippen LogP contribution is -2.36. The van der Waals surface area contributed by atoms with Crippen molar-refractivity contribution in [1.29, 1.82) is 0 Å². The maximum Gasteiger partial charge on any atom is 0.258 e. The summed E-state index contributed by atoms with van der Waals surface area (Å²) >= 11 is 0. The van der Waals surface area contributed by atoms with E-state index < -0.39 is 11.9 Å². The molecule has 1 atom stereocenters. The van der Waals surface area contributed by atoms with Crippen LogP contribution in [0, 0.1) is 5.82 Å². The molecule has 1 aliphatic rings. The van der Waals surface area contributed by atoms with Gasteiger partial charge in [-0.2, -0.15) is 0 Å². The molecule has 0 aromatic heterocycles. The normalized spacial score (nSPS) is 17.0. The predicted octanol–water partition coefficient (Wildman–Crippen LogP) is 2.92. The van der Waals surface area contributed by atoms with Crippen molar-refractivity contribution in [1.82, 2.24) is 0 Å². The maximum atomic E-state index is 13.3. The molecule has 0 saturated carbocycles. The lowest BCUT2D eigenvalue weighted by atomic mass is 9.97. The molecule has 5 heteroatoms. The van der Waals surface area contributed by atoms with Gasteiger partial charge >= 0.3 is 0 Å². The Labute approximate surface area is 127 Å². The van der Waals surface area contributed by atoms with Crippen molar-refractivity contribution in [3.8, 4) is 5.75 Å². The summed E-state index contributed by atoms with van der Waals surface area (Å²) in [6.45, 7) is 0.385. The zero-order valence-corrected chi connectivity index (χ0v) is 12.1. The highest BCUT2D eigenvalue weighted by molar-refractivity contribution is 6.06. The van der Waals surface area contributed by atoms with Gasteiger partial charge in [-0.05, 0) is 42.8 Å². The van der Waals surface area contributed by atoms with Gasteiger partial charge in [0, 0.05) is 17.7 Å². The van der Waals surface area contributed by atoms with Crippen molar-refractivity contribution >= 4 is 11.6 Å². The summed E-state index contributed by atoms with van der Waals surface area (Å²) in [5.74, 6) is -0.103. The second-order valence-electron chi connectivity index (χ2n) is 5.20. The second kappa shape index (κ2) is 5.77. The number of methoxy groups -OCH3 is 1. The number of aliphatic hydroxyl groups excluding tert-OH is 1. The van der Waals surface area contributed by atoms with Crippen LogP contribution in [0.2, 0.25) is 0 Å². The average molecular weight is 301 g/mol. The number of ether oxygens (including phenoxy) is 1. The number of aliphatic hydroxyl groups is 1. The van der Waals surface area contributed by atoms with Crippen LogP contribution in [-0.4, -0.2) is 24.7 Å². The number of hydrogen-bond acceptors (Lipinski definition) is 3. The van der Waals surface area contributed by atoms with Gasteiger partial charge in [0.25, 0.3) is 5.91 Å². The Morgan fingerprint density at radius 1 is 1.32 bits per heavy atom. The maximum absolute atomic E-state index is 13.3. The van der Waals surface area contributed by atoms with E-state index >= 15 is 0 Å². The highest BCUT2D eigenvalue weighted by Crippen LogP contribution is 2.36. The smallest absolute Gasteiger partial charge is 0.258 e. The summed E-state index contributed by atoms with van der Waals surface area (Å²) in [4.78, 5) is 14.2. The number of halogens is 1. The molecule has 22 heavy (non-hydrogen) atoms. The molecule has 2 aromatic rings. The van der Waals surface area contributed by atoms with Crippen LogP contribution >= 0.6 is 0 Å². The van der Waals surface area contributed by atoms with Crippen LogP contribution in [0.25, 0.3) is 0 Å². The van der Waals surface area contributed by atoms with Gasteiger partial charge in [0.2, 0.25) is 0 Å². The first-order valence-corrected chi connectivity index (χ1v) is 7.03. The fourth-order valence-electron chi connectivity index (χ4n) is 2.69. The minimum atomic E-state index is -0.637. The fourth-order valence-corrected chi connectivity index (χ4v) is 2.69. The molecule has 1 unspecified atom stereocenters. The molecular formula is C17H16FNO3. The summed E-state index contributed by atoms with van der Waals surface area (Å²) in [7, 11) is 1.55. The van der Waals surface area contributed by atoms with Crippen LogP contribution in [0.3, 0.4) is 0 Å². The minimum absolute atomic E-state index is 0.280. The number of carbonyl (C=O) groups is 1. The van der Waals surface area contributed by atoms with E-state index in [1.807, 2.05) is 0 Å². The first-order valence-electron chi connectivity index (χ1n) is 7.03. The Morgan fingerprint density at radius 2 is 2.14 bits per heavy atom. The van der Waals surface area contributed by atoms with E-state index in [4.69, 9.17) is 4.74 Å². The standard InChI is InChI=1S/C17H16FNO3/c1-22-13-5-6-15-14(10-13)16(20)7-8-19(15)17(21)11-3-2-4-12(18)9-11/h2-6,9-10,16,20H,7-8H2,1H3. The molecule has 2 aromatic carbocycles. The van der Waals surface area contributed by atoms with E-state index in [-0.39, 0.29) is 11.5 Å². The molecule has 1 aliphatic heterocycles. The molecule has 0 fully saturated rings. The highest BCUT2D eigenvalue weighted by atomic mass is 19.1. The Bertz CT molecular complexity index is 717. The van der Waals surface area contributed by atoms with Gasteiger partial charge < -0.3 is 14.7 Å². The Hall–Kier alpha value is -2.40. The molecule has 1 heterocycles. The Morgan fingerprint density at radius 3 is 2.86 bits per heavy atom. The van der Waals surface area contributed by atoms with Gasteiger partial charge in [0.05, 0.1) is 18.9 Å². The Kier molecular flexibility index (Phi) is 3.81. The number of benzene rings is 2. The molecule has 0 radical (unpaired) electrons. The molecule has 0 bridgehead atoms. The highest BCUT2D eigenvalue weighted by Gasteiger charge is 2.28. The zero-order chi connectivity index (χ0) is 15.7. The van der Waals surface area contributed by atoms with Crippen LogP contribution < -0.4 is 9.64 Å². The molecule has 4 nitrogen and oxygen atoms in total. The van der Waals surface area contributed by atoms with E-state index in [0.717, 1.165) is 0 Å². The van der Waals surface area contributed by atoms with Gasteiger partial charge in [-0.25, -0.2) is 4.39 Å². The lowest BCUT2D eigenvalue weighted by molar-refractivity contribution is 0.0970. The van der Waals surface area contributed by atoms with E-state index in [2.05, 4.69) is 0 Å². The van der Waals surface area contributed by atoms with E-state index in [0.29, 0.717) is 30.0 Å². The van der Waals surface area contributed by atoms with Gasteiger partial charge in [0.1, 0.15) is 11.6 Å². The number of amides is 1. The topological polar surface area (TPSA) is 49.8 Å². The van der Waals surface area contributed by atoms with Gasteiger partial charge in [-0.1, -0.05) is 6.07 Å². The van der Waals surface area contributed by atoms with E-state index in [1.54, 1.807) is 36.3 Å². The number of hydrogen-bond donors (Lipinski definition) is 1. The molecular weight excluding hydrogens is 285 g/mol. The van der Waals surface area contributed by atoms with Crippen molar-refractivity contribution in [2.24, 2.45) is 0 Å². The number of rotatable bonds is 2. The number of carbonyl (C=O) groups excluding carboxylic acids is 1. The number of nitrogens with zero attached hydrogens (tertiary/aromatic N) is 1. The van der Waals surface area contributed by atoms with Crippen LogP contribution in [0.4, 0.5) is 10.1 Å². The molecule has 114 valence electrons. The van der Waals surface area contributed by atoms with Crippen molar-refractivity contribution in [3.05, 3.63) is 59.4 Å². The summed E-state index contributed by atoms with van der Waals surface area (Å²) < 4.78 is 18.5. The third-order valence-corrected chi connectivity index (χ3v) is 3.83. The predicted molar refractivity (Wildman–Crippen MR) is 80.6 cm³/mol.